The number of hydrogen-bond acceptors (Lipinski definition) is 13. The molecule has 14 heteroatoms. The molecule has 0 aromatic rings. The van der Waals surface area contributed by atoms with Crippen LogP contribution in [0.25, 0.3) is 0 Å². The zero-order valence-corrected chi connectivity index (χ0v) is 64.2. The molecule has 0 aromatic carbocycles. The third-order valence-electron chi connectivity index (χ3n) is 20.4. The fourth-order valence-electron chi connectivity index (χ4n) is 13.8. The van der Waals surface area contributed by atoms with Crippen LogP contribution in [0, 0.1) is 0 Å². The standard InChI is InChI=1S/C86H157NO13/c1-3-5-7-9-11-13-15-17-19-21-23-25-27-29-31-32-33-34-35-36-37-38-39-40-41-42-44-46-48-50-52-54-56-58-60-62-64-66-68-70-78(91)87-74(73-97-85-83(96)81(94)84(77(72-89)99-85)100-86-82(95)80(93)79(92)76(71-88)98-86)75(90)69-67-65-63-61-59-57-55-53-51-49-47-45-43-30-28-26-24-22-20-18-16-14-12-10-8-6-4-2/h5,7,11,13,17,19,23,25,29,31,67,69,74-77,79-86,88-90,92-96H,3-4,6,8-10,12,14-16,18,20-22,24,26-28,30,32-66,68,70-73H2,1-2H3,(H,87,91)/b7-5-,13-11-,19-17-,25-23-,31-29-,69-67+. The lowest BCUT2D eigenvalue weighted by Gasteiger charge is -2.46. The molecule has 12 atom stereocenters. The number of aliphatic hydroxyl groups excluding tert-OH is 8. The largest absolute Gasteiger partial charge is 0.394 e. The van der Waals surface area contributed by atoms with Crippen LogP contribution in [-0.4, -0.2) is 140 Å². The summed E-state index contributed by atoms with van der Waals surface area (Å²) in [7, 11) is 0. The van der Waals surface area contributed by atoms with Crippen LogP contribution in [0.3, 0.4) is 0 Å². The number of rotatable bonds is 71. The molecule has 584 valence electrons. The first-order valence-electron chi connectivity index (χ1n) is 42.2. The summed E-state index contributed by atoms with van der Waals surface area (Å²) in [5.74, 6) is -0.232. The van der Waals surface area contributed by atoms with Crippen molar-refractivity contribution in [2.24, 2.45) is 0 Å². The van der Waals surface area contributed by atoms with Crippen LogP contribution >= 0.6 is 0 Å². The molecule has 0 saturated carbocycles. The molecule has 2 fully saturated rings. The van der Waals surface area contributed by atoms with Gasteiger partial charge in [0.2, 0.25) is 5.91 Å². The predicted octanol–water partition coefficient (Wildman–Crippen LogP) is 19.7. The molecule has 2 saturated heterocycles. The molecule has 2 aliphatic heterocycles. The van der Waals surface area contributed by atoms with Crippen LogP contribution in [0.15, 0.2) is 72.9 Å². The van der Waals surface area contributed by atoms with Crippen LogP contribution in [-0.2, 0) is 23.7 Å². The average Bonchev–Trinajstić information content (AvgIpc) is 0.796. The zero-order valence-electron chi connectivity index (χ0n) is 64.2. The molecule has 2 rings (SSSR count). The molecule has 2 heterocycles. The van der Waals surface area contributed by atoms with Gasteiger partial charge in [-0.1, -0.05) is 376 Å². The minimum atomic E-state index is -1.79. The van der Waals surface area contributed by atoms with Crippen molar-refractivity contribution in [2.75, 3.05) is 19.8 Å². The van der Waals surface area contributed by atoms with Gasteiger partial charge in [0.15, 0.2) is 12.6 Å². The number of hydrogen-bond donors (Lipinski definition) is 9. The Hall–Kier alpha value is -2.57. The zero-order chi connectivity index (χ0) is 72.2. The highest BCUT2D eigenvalue weighted by molar-refractivity contribution is 5.76. The van der Waals surface area contributed by atoms with Gasteiger partial charge in [0, 0.05) is 6.42 Å². The van der Waals surface area contributed by atoms with Crippen molar-refractivity contribution in [1.82, 2.24) is 5.32 Å². The number of unbranched alkanes of at least 4 members (excludes halogenated alkanes) is 48. The number of ether oxygens (including phenoxy) is 4. The van der Waals surface area contributed by atoms with Crippen molar-refractivity contribution in [1.29, 1.82) is 0 Å². The topological polar surface area (TPSA) is 228 Å². The molecule has 9 N–H and O–H groups in total. The van der Waals surface area contributed by atoms with E-state index < -0.39 is 86.8 Å². The molecule has 2 aliphatic rings. The summed E-state index contributed by atoms with van der Waals surface area (Å²) < 4.78 is 22.9. The van der Waals surface area contributed by atoms with Gasteiger partial charge in [0.1, 0.15) is 48.8 Å². The van der Waals surface area contributed by atoms with Crippen molar-refractivity contribution >= 4 is 5.91 Å². The van der Waals surface area contributed by atoms with Gasteiger partial charge in [-0.15, -0.1) is 0 Å². The Labute approximate surface area is 612 Å². The van der Waals surface area contributed by atoms with Crippen molar-refractivity contribution in [3.63, 3.8) is 0 Å². The lowest BCUT2D eigenvalue weighted by atomic mass is 9.97. The van der Waals surface area contributed by atoms with Gasteiger partial charge in [-0.05, 0) is 64.2 Å². The maximum absolute atomic E-state index is 13.4. The van der Waals surface area contributed by atoms with E-state index in [-0.39, 0.29) is 18.9 Å². The summed E-state index contributed by atoms with van der Waals surface area (Å²) in [6.07, 6.45) is 80.0. The molecule has 0 aliphatic carbocycles. The van der Waals surface area contributed by atoms with Crippen LogP contribution in [0.1, 0.15) is 373 Å². The van der Waals surface area contributed by atoms with Gasteiger partial charge in [-0.2, -0.15) is 0 Å². The maximum atomic E-state index is 13.4. The van der Waals surface area contributed by atoms with Gasteiger partial charge in [-0.25, -0.2) is 0 Å². The monoisotopic (exact) mass is 1410 g/mol. The normalized spacial score (nSPS) is 22.2. The molecule has 1 amide bonds. The van der Waals surface area contributed by atoms with Crippen molar-refractivity contribution in [3.8, 4) is 0 Å². The second-order valence-corrected chi connectivity index (χ2v) is 29.6. The highest BCUT2D eigenvalue weighted by Gasteiger charge is 2.51. The van der Waals surface area contributed by atoms with Gasteiger partial charge in [0.25, 0.3) is 0 Å². The summed E-state index contributed by atoms with van der Waals surface area (Å²) in [6.45, 7) is 2.74. The van der Waals surface area contributed by atoms with E-state index in [1.165, 1.54) is 276 Å². The molecule has 12 unspecified atom stereocenters. The third kappa shape index (κ3) is 51.6. The van der Waals surface area contributed by atoms with E-state index in [2.05, 4.69) is 79.9 Å². The number of carbonyl (C=O) groups excluding carboxylic acids is 1. The molecular weight excluding hydrogens is 1250 g/mol. The number of nitrogens with one attached hydrogen (secondary N) is 1. The Morgan fingerprint density at radius 1 is 0.370 bits per heavy atom. The summed E-state index contributed by atoms with van der Waals surface area (Å²) in [6, 6.07) is -0.917. The first-order chi connectivity index (χ1) is 49.1. The molecule has 0 bridgehead atoms. The second kappa shape index (κ2) is 69.5. The van der Waals surface area contributed by atoms with E-state index in [0.717, 1.165) is 70.6 Å². The first-order valence-corrected chi connectivity index (χ1v) is 42.2. The average molecular weight is 1410 g/mol. The van der Waals surface area contributed by atoms with E-state index in [1.807, 2.05) is 6.08 Å². The Morgan fingerprint density at radius 3 is 1.06 bits per heavy atom. The van der Waals surface area contributed by atoms with Crippen LogP contribution < -0.4 is 5.32 Å². The summed E-state index contributed by atoms with van der Waals surface area (Å²) in [5.41, 5.74) is 0. The summed E-state index contributed by atoms with van der Waals surface area (Å²) in [4.78, 5) is 13.4. The first kappa shape index (κ1) is 93.5. The van der Waals surface area contributed by atoms with Gasteiger partial charge in [0.05, 0.1) is 32.0 Å². The number of aliphatic hydroxyl groups is 8. The minimum absolute atomic E-state index is 0.232. The quantitative estimate of drug-likeness (QED) is 0.0204. The second-order valence-electron chi connectivity index (χ2n) is 29.6. The molecule has 14 nitrogen and oxygen atoms in total. The van der Waals surface area contributed by atoms with Gasteiger partial charge in [-0.3, -0.25) is 4.79 Å². The van der Waals surface area contributed by atoms with Crippen LogP contribution in [0.4, 0.5) is 0 Å². The Balaban J connectivity index is 1.58. The molecule has 0 aromatic heterocycles. The van der Waals surface area contributed by atoms with Crippen LogP contribution in [0.2, 0.25) is 0 Å². The molecule has 100 heavy (non-hydrogen) atoms. The Bertz CT molecular complexity index is 1960. The van der Waals surface area contributed by atoms with Crippen molar-refractivity contribution in [3.05, 3.63) is 72.9 Å². The molecule has 0 spiro atoms. The van der Waals surface area contributed by atoms with E-state index in [4.69, 9.17) is 18.9 Å². The number of carbonyl (C=O) groups is 1. The smallest absolute Gasteiger partial charge is 0.220 e. The van der Waals surface area contributed by atoms with Crippen molar-refractivity contribution < 1.29 is 64.6 Å². The number of allylic oxidation sites excluding steroid dienone is 11. The SMILES string of the molecule is CC/C=C\C/C=C\C/C=C\C/C=C\C/C=C\CCCCCCCCCCCCCCCCCCCCCCCCCC(=O)NC(COC1OC(CO)C(OC2OC(CO)C(O)C(O)C2O)C(O)C1O)C(O)/C=C/CCCCCCCCCCCCCCCCCCCCCCCCCCC. The van der Waals surface area contributed by atoms with E-state index in [0.29, 0.717) is 6.42 Å². The van der Waals surface area contributed by atoms with E-state index >= 15 is 0 Å². The molecule has 0 radical (unpaired) electrons. The lowest BCUT2D eigenvalue weighted by molar-refractivity contribution is -0.359. The summed E-state index contributed by atoms with van der Waals surface area (Å²) >= 11 is 0. The maximum Gasteiger partial charge on any atom is 0.220 e. The number of amides is 1. The fraction of sp³-hybridized carbons (Fsp3) is 0.849. The van der Waals surface area contributed by atoms with Crippen LogP contribution in [0.5, 0.6) is 0 Å². The predicted molar refractivity (Wildman–Crippen MR) is 415 cm³/mol. The van der Waals surface area contributed by atoms with Gasteiger partial charge >= 0.3 is 0 Å². The fourth-order valence-corrected chi connectivity index (χ4v) is 13.8. The van der Waals surface area contributed by atoms with E-state index in [1.54, 1.807) is 6.08 Å². The van der Waals surface area contributed by atoms with Gasteiger partial charge < -0.3 is 65.1 Å². The molecular formula is C86H157NO13. The third-order valence-corrected chi connectivity index (χ3v) is 20.4. The van der Waals surface area contributed by atoms with E-state index in [9.17, 15) is 45.6 Å². The van der Waals surface area contributed by atoms with Crippen molar-refractivity contribution in [2.45, 2.75) is 447 Å². The highest BCUT2D eigenvalue weighted by Crippen LogP contribution is 2.30. The Kier molecular flexibility index (Phi) is 65.0. The highest BCUT2D eigenvalue weighted by atomic mass is 16.7. The minimum Gasteiger partial charge on any atom is -0.394 e. The summed E-state index contributed by atoms with van der Waals surface area (Å²) in [5, 5.41) is 87.8. The lowest BCUT2D eigenvalue weighted by Crippen LogP contribution is -2.65. The Morgan fingerprint density at radius 2 is 0.690 bits per heavy atom.